The number of benzene rings is 3. The van der Waals surface area contributed by atoms with Gasteiger partial charge in [-0.3, -0.25) is 14.7 Å². The predicted molar refractivity (Wildman–Crippen MR) is 201 cm³/mol. The van der Waals surface area contributed by atoms with Crippen LogP contribution in [0.25, 0.3) is 44.6 Å². The maximum atomic E-state index is 11.4. The number of oxazole rings is 1. The van der Waals surface area contributed by atoms with Crippen molar-refractivity contribution >= 4 is 39.5 Å². The monoisotopic (exact) mass is 695 g/mol. The molecule has 1 fully saturated rings. The number of rotatable bonds is 11. The molecule has 0 bridgehead atoms. The molecule has 7 rings (SSSR count). The number of fused-ring (bicyclic) bond motifs is 2. The molecule has 6 aromatic rings. The summed E-state index contributed by atoms with van der Waals surface area (Å²) >= 11 is 0. The lowest BCUT2D eigenvalue weighted by molar-refractivity contribution is -0.143. The third-order valence-corrected chi connectivity index (χ3v) is 10.0. The Hall–Kier alpha value is -5.67. The van der Waals surface area contributed by atoms with Crippen LogP contribution in [0.2, 0.25) is 0 Å². The van der Waals surface area contributed by atoms with Crippen LogP contribution in [0, 0.1) is 31.1 Å². The van der Waals surface area contributed by atoms with Crippen molar-refractivity contribution in [3.8, 4) is 28.7 Å². The molecule has 52 heavy (non-hydrogen) atoms. The fourth-order valence-corrected chi connectivity index (χ4v) is 6.98. The lowest BCUT2D eigenvalue weighted by Gasteiger charge is -2.30. The number of aliphatic carboxylic acids is 1. The van der Waals surface area contributed by atoms with E-state index < -0.39 is 5.97 Å². The maximum absolute atomic E-state index is 11.4. The van der Waals surface area contributed by atoms with Gasteiger partial charge in [0.1, 0.15) is 17.1 Å². The number of likely N-dealkylation sites (tertiary alicyclic amines) is 1. The average molecular weight is 696 g/mol. The van der Waals surface area contributed by atoms with Gasteiger partial charge < -0.3 is 25.3 Å². The highest BCUT2D eigenvalue weighted by molar-refractivity contribution is 5.91. The zero-order chi connectivity index (χ0) is 36.4. The van der Waals surface area contributed by atoms with Crippen molar-refractivity contribution in [1.82, 2.24) is 25.2 Å². The van der Waals surface area contributed by atoms with Crippen LogP contribution in [0.4, 0.5) is 11.5 Å². The van der Waals surface area contributed by atoms with Gasteiger partial charge in [-0.1, -0.05) is 24.3 Å². The molecule has 0 spiro atoms. The number of aliphatic hydroxyl groups is 1. The summed E-state index contributed by atoms with van der Waals surface area (Å²) in [5, 5.41) is 36.5. The van der Waals surface area contributed by atoms with Crippen LogP contribution < -0.4 is 10.6 Å². The number of carboxylic acid groups (broad SMARTS) is 1. The number of aromatic nitrogens is 3. The minimum atomic E-state index is -0.730. The first kappa shape index (κ1) is 34.8. The largest absolute Gasteiger partial charge is 0.481 e. The quantitative estimate of drug-likeness (QED) is 0.109. The molecule has 0 radical (unpaired) electrons. The van der Waals surface area contributed by atoms with E-state index >= 15 is 0 Å². The Bertz CT molecular complexity index is 2320. The number of nitrogens with one attached hydrogen (secondary N) is 2. The first-order chi connectivity index (χ1) is 25.2. The Labute approximate surface area is 302 Å². The first-order valence-electron chi connectivity index (χ1n) is 17.6. The summed E-state index contributed by atoms with van der Waals surface area (Å²) in [5.41, 5.74) is 10.1. The Kier molecular flexibility index (Phi) is 9.96. The van der Waals surface area contributed by atoms with Gasteiger partial charge in [0.05, 0.1) is 18.1 Å². The highest BCUT2D eigenvalue weighted by Gasteiger charge is 2.25. The second-order valence-corrected chi connectivity index (χ2v) is 13.6. The smallest absolute Gasteiger partial charge is 0.306 e. The minimum absolute atomic E-state index is 0.00167. The van der Waals surface area contributed by atoms with Crippen LogP contribution in [0.1, 0.15) is 47.6 Å². The number of aliphatic hydroxyl groups excluding tert-OH is 1. The molecule has 0 unspecified atom stereocenters. The predicted octanol–water partition coefficient (Wildman–Crippen LogP) is 7.10. The van der Waals surface area contributed by atoms with Gasteiger partial charge in [0.25, 0.3) is 0 Å². The zero-order valence-electron chi connectivity index (χ0n) is 29.5. The molecule has 3 aromatic heterocycles. The van der Waals surface area contributed by atoms with Crippen LogP contribution in [0.15, 0.2) is 77.5 Å². The third kappa shape index (κ3) is 7.09. The topological polar surface area (TPSA) is 160 Å². The zero-order valence-corrected chi connectivity index (χ0v) is 29.5. The molecule has 0 saturated carbocycles. The van der Waals surface area contributed by atoms with E-state index in [9.17, 15) is 20.3 Å². The third-order valence-electron chi connectivity index (χ3n) is 10.0. The lowest BCUT2D eigenvalue weighted by Crippen LogP contribution is -2.35. The lowest BCUT2D eigenvalue weighted by atomic mass is 9.93. The number of nitrogens with zero attached hydrogens (tertiary/aromatic N) is 5. The van der Waals surface area contributed by atoms with Gasteiger partial charge in [-0.15, -0.1) is 0 Å². The van der Waals surface area contributed by atoms with Gasteiger partial charge in [-0.2, -0.15) is 5.26 Å². The van der Waals surface area contributed by atoms with Crippen molar-refractivity contribution in [2.75, 3.05) is 25.0 Å². The van der Waals surface area contributed by atoms with Crippen molar-refractivity contribution in [1.29, 1.82) is 5.26 Å². The number of hydrogen-bond donors (Lipinski definition) is 4. The van der Waals surface area contributed by atoms with Crippen LogP contribution in [-0.4, -0.2) is 61.8 Å². The van der Waals surface area contributed by atoms with Crippen molar-refractivity contribution in [3.63, 3.8) is 0 Å². The highest BCUT2D eigenvalue weighted by Crippen LogP contribution is 2.38. The first-order valence-corrected chi connectivity index (χ1v) is 17.6. The molecule has 3 aromatic carbocycles. The molecule has 1 atom stereocenters. The Morgan fingerprint density at radius 2 is 1.77 bits per heavy atom. The molecule has 4 N–H and O–H groups in total. The van der Waals surface area contributed by atoms with Gasteiger partial charge >= 0.3 is 5.97 Å². The number of anilines is 2. The van der Waals surface area contributed by atoms with Crippen LogP contribution >= 0.6 is 0 Å². The van der Waals surface area contributed by atoms with E-state index in [0.717, 1.165) is 55.5 Å². The van der Waals surface area contributed by atoms with E-state index in [0.29, 0.717) is 67.4 Å². The van der Waals surface area contributed by atoms with Gasteiger partial charge in [0.2, 0.25) is 5.89 Å². The maximum Gasteiger partial charge on any atom is 0.306 e. The molecule has 0 amide bonds. The minimum Gasteiger partial charge on any atom is -0.481 e. The molecule has 1 aliphatic heterocycles. The second-order valence-electron chi connectivity index (χ2n) is 13.6. The van der Waals surface area contributed by atoms with E-state index in [1.165, 1.54) is 0 Å². The molecule has 11 nitrogen and oxygen atoms in total. The van der Waals surface area contributed by atoms with Crippen LogP contribution in [-0.2, 0) is 17.9 Å². The molecule has 4 heterocycles. The Morgan fingerprint density at radius 1 is 1.02 bits per heavy atom. The number of piperidine rings is 1. The summed E-state index contributed by atoms with van der Waals surface area (Å²) in [7, 11) is 0. The Morgan fingerprint density at radius 3 is 2.52 bits per heavy atom. The normalized spacial score (nSPS) is 14.4. The molecule has 11 heteroatoms. The van der Waals surface area contributed by atoms with Crippen molar-refractivity contribution in [2.24, 2.45) is 5.92 Å². The summed E-state index contributed by atoms with van der Waals surface area (Å²) in [6, 6.07) is 22.4. The van der Waals surface area contributed by atoms with Crippen LogP contribution in [0.5, 0.6) is 0 Å². The molecule has 1 saturated heterocycles. The molecular formula is C41H41N7O4. The summed E-state index contributed by atoms with van der Waals surface area (Å²) in [5.74, 6) is 0.0852. The van der Waals surface area contributed by atoms with E-state index in [1.54, 1.807) is 6.20 Å². The number of nitriles is 1. The van der Waals surface area contributed by atoms with Crippen molar-refractivity contribution in [2.45, 2.75) is 52.7 Å². The number of carbonyl (C=O) groups is 1. The van der Waals surface area contributed by atoms with Gasteiger partial charge in [-0.05, 0) is 116 Å². The summed E-state index contributed by atoms with van der Waals surface area (Å²) in [6.07, 6.45) is 4.85. The average Bonchev–Trinajstić information content (AvgIpc) is 3.59. The fraction of sp³-hybridized carbons (Fsp3) is 0.293. The standard InChI is InChI=1S/C41H41N7O4/c1-24(23-49)44-20-28-17-30-10-13-43-39(37(30)45-21-28)46-35-9-5-7-33(26(35)3)32-6-4-8-34(25(32)2)40-47-36-18-27(16-31(19-42)38(36)52-40)22-48-14-11-29(12-15-48)41(50)51/h4-10,13,16-18,21,24,29,44,49H,11-12,14-15,20,22-23H2,1-3H3,(H,43,46)(H,50,51)/t24-/m1/s1. The summed E-state index contributed by atoms with van der Waals surface area (Å²) < 4.78 is 6.29. The van der Waals surface area contributed by atoms with E-state index in [-0.39, 0.29) is 18.6 Å². The highest BCUT2D eigenvalue weighted by atomic mass is 16.4. The van der Waals surface area contributed by atoms with E-state index in [2.05, 4.69) is 58.6 Å². The van der Waals surface area contributed by atoms with Gasteiger partial charge in [-0.25, -0.2) is 9.97 Å². The molecule has 1 aliphatic rings. The molecule has 264 valence electrons. The molecule has 0 aliphatic carbocycles. The fourth-order valence-electron chi connectivity index (χ4n) is 6.98. The molecular weight excluding hydrogens is 654 g/mol. The number of hydrogen-bond acceptors (Lipinski definition) is 10. The number of pyridine rings is 2. The second kappa shape index (κ2) is 14.9. The Balaban J connectivity index is 1.15. The van der Waals surface area contributed by atoms with E-state index in [1.807, 2.05) is 55.6 Å². The van der Waals surface area contributed by atoms with Gasteiger partial charge in [0, 0.05) is 48.2 Å². The van der Waals surface area contributed by atoms with Gasteiger partial charge in [0.15, 0.2) is 11.4 Å². The van der Waals surface area contributed by atoms with Crippen molar-refractivity contribution < 1.29 is 19.4 Å². The van der Waals surface area contributed by atoms with Crippen molar-refractivity contribution in [3.05, 3.63) is 101 Å². The van der Waals surface area contributed by atoms with E-state index in [4.69, 9.17) is 14.4 Å². The summed E-state index contributed by atoms with van der Waals surface area (Å²) in [4.78, 5) is 27.9. The van der Waals surface area contributed by atoms with Crippen LogP contribution in [0.3, 0.4) is 0 Å². The summed E-state index contributed by atoms with van der Waals surface area (Å²) in [6.45, 7) is 8.76. The number of carboxylic acids is 1. The SMILES string of the molecule is Cc1c(Nc2nccc3cc(CN[C@H](C)CO)cnc23)cccc1-c1cccc(-c2nc3cc(CN4CCC(C(=O)O)CC4)cc(C#N)c3o2)c1C.